The molecule has 0 fully saturated rings. The van der Waals surface area contributed by atoms with Crippen LogP contribution in [0.3, 0.4) is 0 Å². The number of nitrogens with zero attached hydrogens (tertiary/aromatic N) is 3. The van der Waals surface area contributed by atoms with E-state index in [-0.39, 0.29) is 16.7 Å². The van der Waals surface area contributed by atoms with E-state index in [1.54, 1.807) is 12.1 Å². The van der Waals surface area contributed by atoms with E-state index >= 15 is 0 Å². The number of amides is 1. The summed E-state index contributed by atoms with van der Waals surface area (Å²) in [7, 11) is 1.51. The Labute approximate surface area is 96.8 Å². The van der Waals surface area contributed by atoms with Crippen molar-refractivity contribution < 1.29 is 9.18 Å². The van der Waals surface area contributed by atoms with Gasteiger partial charge in [0.25, 0.3) is 5.91 Å². The van der Waals surface area contributed by atoms with Crippen molar-refractivity contribution in [2.75, 3.05) is 11.9 Å². The summed E-state index contributed by atoms with van der Waals surface area (Å²) in [4.78, 5) is 13.2. The maximum atomic E-state index is 13.1. The fraction of sp³-hybridized carbons (Fsp3) is 0.0833. The first kappa shape index (κ1) is 10.8. The SMILES string of the molecule is CN1C(=O)C(=C(C#N)C#N)c2cc(F)ccc21. The smallest absolute Gasteiger partial charge is 0.260 e. The molecule has 0 N–H and O–H groups in total. The average molecular weight is 227 g/mol. The molecule has 0 radical (unpaired) electrons. The van der Waals surface area contributed by atoms with Crippen molar-refractivity contribution in [3.05, 3.63) is 35.2 Å². The van der Waals surface area contributed by atoms with Gasteiger partial charge in [-0.2, -0.15) is 10.5 Å². The highest BCUT2D eigenvalue weighted by Gasteiger charge is 2.32. The number of benzene rings is 1. The van der Waals surface area contributed by atoms with Gasteiger partial charge in [-0.15, -0.1) is 0 Å². The number of carbonyl (C=O) groups excluding carboxylic acids is 1. The second-order valence-electron chi connectivity index (χ2n) is 3.50. The van der Waals surface area contributed by atoms with Gasteiger partial charge in [0.05, 0.1) is 11.3 Å². The van der Waals surface area contributed by atoms with Crippen LogP contribution < -0.4 is 4.90 Å². The number of hydrogen-bond donors (Lipinski definition) is 0. The van der Waals surface area contributed by atoms with Gasteiger partial charge in [0, 0.05) is 12.6 Å². The summed E-state index contributed by atoms with van der Waals surface area (Å²) < 4.78 is 13.1. The monoisotopic (exact) mass is 227 g/mol. The molecule has 1 aliphatic heterocycles. The lowest BCUT2D eigenvalue weighted by atomic mass is 10.0. The maximum Gasteiger partial charge on any atom is 0.260 e. The largest absolute Gasteiger partial charge is 0.311 e. The molecule has 0 saturated heterocycles. The Balaban J connectivity index is 2.81. The first-order valence-electron chi connectivity index (χ1n) is 4.72. The number of likely N-dealkylation sites (N-methyl/N-ethyl adjacent to an activating group) is 1. The van der Waals surface area contributed by atoms with E-state index in [1.807, 2.05) is 0 Å². The number of allylic oxidation sites excluding steroid dienone is 1. The molecular weight excluding hydrogens is 221 g/mol. The van der Waals surface area contributed by atoms with Crippen molar-refractivity contribution >= 4 is 17.2 Å². The highest BCUT2D eigenvalue weighted by Crippen LogP contribution is 2.37. The molecule has 0 spiro atoms. The average Bonchev–Trinajstić information content (AvgIpc) is 2.56. The summed E-state index contributed by atoms with van der Waals surface area (Å²) in [5.74, 6) is -0.983. The Bertz CT molecular complexity index is 618. The third kappa shape index (κ3) is 1.45. The van der Waals surface area contributed by atoms with Crippen LogP contribution in [0.2, 0.25) is 0 Å². The fourth-order valence-corrected chi connectivity index (χ4v) is 1.77. The van der Waals surface area contributed by atoms with Crippen molar-refractivity contribution in [1.29, 1.82) is 10.5 Å². The summed E-state index contributed by atoms with van der Waals surface area (Å²) >= 11 is 0. The molecule has 5 heteroatoms. The van der Waals surface area contributed by atoms with Crippen LogP contribution >= 0.6 is 0 Å². The van der Waals surface area contributed by atoms with Crippen LogP contribution in [0.15, 0.2) is 23.8 Å². The Morgan fingerprint density at radius 3 is 2.59 bits per heavy atom. The molecule has 1 heterocycles. The van der Waals surface area contributed by atoms with E-state index in [4.69, 9.17) is 10.5 Å². The van der Waals surface area contributed by atoms with Gasteiger partial charge >= 0.3 is 0 Å². The van der Waals surface area contributed by atoms with Gasteiger partial charge in [-0.1, -0.05) is 0 Å². The van der Waals surface area contributed by atoms with Gasteiger partial charge in [-0.25, -0.2) is 4.39 Å². The Kier molecular flexibility index (Phi) is 2.38. The minimum Gasteiger partial charge on any atom is -0.311 e. The molecule has 82 valence electrons. The molecule has 17 heavy (non-hydrogen) atoms. The topological polar surface area (TPSA) is 67.9 Å². The van der Waals surface area contributed by atoms with Crippen molar-refractivity contribution in [1.82, 2.24) is 0 Å². The molecule has 0 aromatic heterocycles. The zero-order valence-corrected chi connectivity index (χ0v) is 8.86. The number of halogens is 1. The lowest BCUT2D eigenvalue weighted by Gasteiger charge is -2.08. The second-order valence-corrected chi connectivity index (χ2v) is 3.50. The van der Waals surface area contributed by atoms with Crippen molar-refractivity contribution in [3.63, 3.8) is 0 Å². The highest BCUT2D eigenvalue weighted by atomic mass is 19.1. The Morgan fingerprint density at radius 1 is 1.35 bits per heavy atom. The molecule has 0 saturated carbocycles. The highest BCUT2D eigenvalue weighted by molar-refractivity contribution is 6.33. The number of fused-ring (bicyclic) bond motifs is 1. The van der Waals surface area contributed by atoms with E-state index in [0.717, 1.165) is 6.07 Å². The summed E-state index contributed by atoms with van der Waals surface area (Å²) in [6.45, 7) is 0. The standard InChI is InChI=1S/C12H6FN3O/c1-16-10-3-2-8(13)4-9(10)11(12(16)17)7(5-14)6-15/h2-4H,1H3. The van der Waals surface area contributed by atoms with Gasteiger partial charge in [0.15, 0.2) is 0 Å². The third-order valence-corrected chi connectivity index (χ3v) is 2.58. The van der Waals surface area contributed by atoms with Gasteiger partial charge in [-0.3, -0.25) is 4.79 Å². The van der Waals surface area contributed by atoms with E-state index in [2.05, 4.69) is 0 Å². The Morgan fingerprint density at radius 2 is 2.00 bits per heavy atom. The van der Waals surface area contributed by atoms with E-state index in [1.165, 1.54) is 24.1 Å². The molecule has 1 aromatic rings. The minimum atomic E-state index is -0.514. The number of rotatable bonds is 0. The molecule has 0 atom stereocenters. The van der Waals surface area contributed by atoms with Crippen LogP contribution in [0.5, 0.6) is 0 Å². The van der Waals surface area contributed by atoms with E-state index in [9.17, 15) is 9.18 Å². The summed E-state index contributed by atoms with van der Waals surface area (Å²) in [6.07, 6.45) is 0. The zero-order chi connectivity index (χ0) is 12.6. The van der Waals surface area contributed by atoms with Gasteiger partial charge in [-0.05, 0) is 18.2 Å². The van der Waals surface area contributed by atoms with Crippen LogP contribution in [0.4, 0.5) is 10.1 Å². The molecule has 1 aromatic carbocycles. The van der Waals surface area contributed by atoms with Crippen LogP contribution in [-0.4, -0.2) is 13.0 Å². The van der Waals surface area contributed by atoms with Gasteiger partial charge < -0.3 is 4.90 Å². The van der Waals surface area contributed by atoms with E-state index in [0.29, 0.717) is 5.69 Å². The van der Waals surface area contributed by atoms with E-state index < -0.39 is 11.7 Å². The predicted octanol–water partition coefficient (Wildman–Crippen LogP) is 1.60. The van der Waals surface area contributed by atoms with Crippen LogP contribution in [0.1, 0.15) is 5.56 Å². The molecule has 1 amide bonds. The lowest BCUT2D eigenvalue weighted by molar-refractivity contribution is -0.112. The van der Waals surface area contributed by atoms with Crippen molar-refractivity contribution in [3.8, 4) is 12.1 Å². The first-order chi connectivity index (χ1) is 8.10. The normalized spacial score (nSPS) is 13.1. The zero-order valence-electron chi connectivity index (χ0n) is 8.86. The molecule has 1 aliphatic rings. The number of anilines is 1. The predicted molar refractivity (Wildman–Crippen MR) is 58.0 cm³/mol. The molecular formula is C12H6FN3O. The minimum absolute atomic E-state index is 0.0352. The molecule has 2 rings (SSSR count). The molecule has 0 bridgehead atoms. The third-order valence-electron chi connectivity index (χ3n) is 2.58. The van der Waals surface area contributed by atoms with Crippen molar-refractivity contribution in [2.24, 2.45) is 0 Å². The van der Waals surface area contributed by atoms with Gasteiger partial charge in [0.2, 0.25) is 0 Å². The summed E-state index contributed by atoms with van der Waals surface area (Å²) in [5.41, 5.74) is 0.447. The number of hydrogen-bond acceptors (Lipinski definition) is 3. The van der Waals surface area contributed by atoms with Crippen LogP contribution in [-0.2, 0) is 4.79 Å². The van der Waals surface area contributed by atoms with Crippen LogP contribution in [0, 0.1) is 28.5 Å². The Hall–Kier alpha value is -2.66. The first-order valence-corrected chi connectivity index (χ1v) is 4.72. The summed E-state index contributed by atoms with van der Waals surface area (Å²) in [5, 5.41) is 17.6. The second kappa shape index (κ2) is 3.73. The van der Waals surface area contributed by atoms with Crippen molar-refractivity contribution in [2.45, 2.75) is 0 Å². The van der Waals surface area contributed by atoms with Crippen LogP contribution in [0.25, 0.3) is 5.57 Å². The summed E-state index contributed by atoms with van der Waals surface area (Å²) in [6, 6.07) is 7.13. The quantitative estimate of drug-likeness (QED) is 0.499. The lowest BCUT2D eigenvalue weighted by Crippen LogP contribution is -2.20. The fourth-order valence-electron chi connectivity index (χ4n) is 1.77. The molecule has 4 nitrogen and oxygen atoms in total. The van der Waals surface area contributed by atoms with Gasteiger partial charge in [0.1, 0.15) is 23.5 Å². The maximum absolute atomic E-state index is 13.1. The molecule has 0 aliphatic carbocycles. The number of nitriles is 2. The number of carbonyl (C=O) groups is 1. The molecule has 0 unspecified atom stereocenters.